The number of piperidine rings is 1. The molecule has 0 amide bonds. The highest BCUT2D eigenvalue weighted by Crippen LogP contribution is 2.30. The molecule has 1 aliphatic rings. The van der Waals surface area contributed by atoms with Gasteiger partial charge in [0.2, 0.25) is 10.9 Å². The Bertz CT molecular complexity index is 1290. The van der Waals surface area contributed by atoms with Gasteiger partial charge < -0.3 is 4.90 Å². The molecule has 3 aromatic heterocycles. The van der Waals surface area contributed by atoms with E-state index in [4.69, 9.17) is 0 Å². The molecule has 0 radical (unpaired) electrons. The molecule has 1 fully saturated rings. The highest BCUT2D eigenvalue weighted by Gasteiger charge is 2.22. The van der Waals surface area contributed by atoms with Gasteiger partial charge >= 0.3 is 0 Å². The fraction of sp³-hybridized carbons (Fsp3) is 0.409. The lowest BCUT2D eigenvalue weighted by Gasteiger charge is -2.27. The van der Waals surface area contributed by atoms with Gasteiger partial charge in [-0.05, 0) is 44.7 Å². The van der Waals surface area contributed by atoms with Crippen LogP contribution in [0.4, 0.5) is 5.95 Å². The molecule has 1 aliphatic heterocycles. The van der Waals surface area contributed by atoms with Crippen molar-refractivity contribution in [2.24, 2.45) is 0 Å². The van der Waals surface area contributed by atoms with E-state index in [9.17, 15) is 4.79 Å². The molecule has 0 saturated carbocycles. The summed E-state index contributed by atoms with van der Waals surface area (Å²) in [5.74, 6) is 1.42. The number of rotatable bonds is 6. The molecule has 0 N–H and O–H groups in total. The fourth-order valence-electron chi connectivity index (χ4n) is 3.83. The third kappa shape index (κ3) is 4.16. The topological polar surface area (TPSA) is 81.2 Å². The van der Waals surface area contributed by atoms with Crippen LogP contribution in [0.5, 0.6) is 0 Å². The van der Waals surface area contributed by atoms with Crippen molar-refractivity contribution in [2.75, 3.05) is 18.0 Å². The minimum Gasteiger partial charge on any atom is -0.341 e. The Kier molecular flexibility index (Phi) is 5.97. The summed E-state index contributed by atoms with van der Waals surface area (Å²) in [6.45, 7) is 6.10. The summed E-state index contributed by atoms with van der Waals surface area (Å²) in [5, 5.41) is 15.1. The van der Waals surface area contributed by atoms with Crippen molar-refractivity contribution in [1.82, 2.24) is 29.4 Å². The van der Waals surface area contributed by atoms with Crippen molar-refractivity contribution in [3.63, 3.8) is 0 Å². The van der Waals surface area contributed by atoms with Gasteiger partial charge in [-0.15, -0.1) is 10.2 Å². The number of anilines is 1. The molecule has 166 valence electrons. The van der Waals surface area contributed by atoms with Crippen molar-refractivity contribution < 1.29 is 0 Å². The molecule has 1 saturated heterocycles. The molecule has 4 aromatic rings. The van der Waals surface area contributed by atoms with Crippen LogP contribution in [-0.2, 0) is 12.2 Å². The van der Waals surface area contributed by atoms with Gasteiger partial charge in [0.1, 0.15) is 5.01 Å². The number of aryl methyl sites for hydroxylation is 2. The van der Waals surface area contributed by atoms with Crippen LogP contribution in [0.2, 0.25) is 0 Å². The van der Waals surface area contributed by atoms with E-state index in [2.05, 4.69) is 60.9 Å². The molecule has 5 rings (SSSR count). The normalized spacial score (nSPS) is 14.4. The summed E-state index contributed by atoms with van der Waals surface area (Å²) >= 11 is 3.01. The quantitative estimate of drug-likeness (QED) is 0.398. The van der Waals surface area contributed by atoms with Crippen LogP contribution < -0.4 is 10.5 Å². The predicted molar refractivity (Wildman–Crippen MR) is 128 cm³/mol. The Labute approximate surface area is 194 Å². The highest BCUT2D eigenvalue weighted by atomic mass is 32.2. The van der Waals surface area contributed by atoms with E-state index < -0.39 is 0 Å². The van der Waals surface area contributed by atoms with Gasteiger partial charge in [0.25, 0.3) is 5.56 Å². The Morgan fingerprint density at radius 1 is 1.09 bits per heavy atom. The van der Waals surface area contributed by atoms with Gasteiger partial charge in [0.05, 0.1) is 11.4 Å². The maximum atomic E-state index is 12.5. The summed E-state index contributed by atoms with van der Waals surface area (Å²) < 4.78 is 3.52. The monoisotopic (exact) mass is 467 g/mol. The van der Waals surface area contributed by atoms with Crippen LogP contribution >= 0.6 is 23.1 Å². The van der Waals surface area contributed by atoms with E-state index in [1.165, 1.54) is 40.7 Å². The molecule has 0 spiro atoms. The first-order valence-electron chi connectivity index (χ1n) is 10.9. The summed E-state index contributed by atoms with van der Waals surface area (Å²) in [6.07, 6.45) is 4.39. The van der Waals surface area contributed by atoms with E-state index in [0.717, 1.165) is 47.0 Å². The molecule has 8 nitrogen and oxygen atoms in total. The molecule has 4 heterocycles. The lowest BCUT2D eigenvalue weighted by Crippen LogP contribution is -2.31. The molecular weight excluding hydrogens is 442 g/mol. The lowest BCUT2D eigenvalue weighted by molar-refractivity contribution is 0.564. The second kappa shape index (κ2) is 9.03. The lowest BCUT2D eigenvalue weighted by atomic mass is 10.1. The van der Waals surface area contributed by atoms with E-state index in [0.29, 0.717) is 10.7 Å². The van der Waals surface area contributed by atoms with Crippen LogP contribution in [0.15, 0.2) is 40.3 Å². The second-order valence-corrected chi connectivity index (χ2v) is 9.90. The van der Waals surface area contributed by atoms with Crippen LogP contribution in [0.1, 0.15) is 42.5 Å². The second-order valence-electron chi connectivity index (χ2n) is 7.92. The summed E-state index contributed by atoms with van der Waals surface area (Å²) in [6, 6.07) is 9.99. The number of fused-ring (bicyclic) bond motifs is 1. The minimum absolute atomic E-state index is 0.143. The van der Waals surface area contributed by atoms with Crippen LogP contribution in [0, 0.1) is 6.92 Å². The number of thioether (sulfide) groups is 1. The predicted octanol–water partition coefficient (Wildman–Crippen LogP) is 3.89. The zero-order valence-corrected chi connectivity index (χ0v) is 19.8. The third-order valence-corrected chi connectivity index (χ3v) is 7.55. The van der Waals surface area contributed by atoms with E-state index >= 15 is 0 Å². The first-order valence-corrected chi connectivity index (χ1v) is 12.7. The zero-order chi connectivity index (χ0) is 22.1. The van der Waals surface area contributed by atoms with Crippen LogP contribution in [0.3, 0.4) is 0 Å². The van der Waals surface area contributed by atoms with Gasteiger partial charge in [-0.1, -0.05) is 47.7 Å². The maximum Gasteiger partial charge on any atom is 0.275 e. The third-order valence-electron chi connectivity index (χ3n) is 5.54. The van der Waals surface area contributed by atoms with Crippen molar-refractivity contribution in [1.29, 1.82) is 0 Å². The Morgan fingerprint density at radius 2 is 1.88 bits per heavy atom. The van der Waals surface area contributed by atoms with Gasteiger partial charge in [-0.3, -0.25) is 9.36 Å². The molecule has 0 atom stereocenters. The van der Waals surface area contributed by atoms with Crippen molar-refractivity contribution in [3.05, 3.63) is 57.0 Å². The average molecular weight is 468 g/mol. The molecular formula is C22H25N7OS2. The van der Waals surface area contributed by atoms with Crippen molar-refractivity contribution in [3.8, 4) is 5.69 Å². The highest BCUT2D eigenvalue weighted by molar-refractivity contribution is 7.98. The average Bonchev–Trinajstić information content (AvgIpc) is 3.43. The number of aromatic nitrogens is 6. The Morgan fingerprint density at radius 3 is 2.62 bits per heavy atom. The standard InChI is InChI=1S/C22H25N7OS2/c1-3-18-26-29-19(30)13-16(23-21(29)32-18)14-31-22-25-24-20(27-11-5-4-6-12-27)28(22)17-9-7-15(2)8-10-17/h7-10,13H,3-6,11-12,14H2,1-2H3. The van der Waals surface area contributed by atoms with E-state index in [1.54, 1.807) is 17.8 Å². The molecule has 32 heavy (non-hydrogen) atoms. The van der Waals surface area contributed by atoms with Gasteiger partial charge in [-0.25, -0.2) is 4.98 Å². The zero-order valence-electron chi connectivity index (χ0n) is 18.2. The van der Waals surface area contributed by atoms with Crippen LogP contribution in [-0.4, -0.2) is 42.5 Å². The molecule has 1 aromatic carbocycles. The van der Waals surface area contributed by atoms with Crippen molar-refractivity contribution in [2.45, 2.75) is 50.4 Å². The summed E-state index contributed by atoms with van der Waals surface area (Å²) in [7, 11) is 0. The number of hydrogen-bond donors (Lipinski definition) is 0. The summed E-state index contributed by atoms with van der Waals surface area (Å²) in [4.78, 5) is 20.1. The Balaban J connectivity index is 1.47. The first kappa shape index (κ1) is 21.1. The van der Waals surface area contributed by atoms with Gasteiger partial charge in [0.15, 0.2) is 5.16 Å². The minimum atomic E-state index is -0.143. The molecule has 0 unspecified atom stereocenters. The number of benzene rings is 1. The van der Waals surface area contributed by atoms with E-state index in [1.807, 2.05) is 6.92 Å². The van der Waals surface area contributed by atoms with E-state index in [-0.39, 0.29) is 5.56 Å². The Hall–Kier alpha value is -2.72. The number of hydrogen-bond acceptors (Lipinski definition) is 8. The van der Waals surface area contributed by atoms with Crippen LogP contribution in [0.25, 0.3) is 10.6 Å². The smallest absolute Gasteiger partial charge is 0.275 e. The van der Waals surface area contributed by atoms with Crippen molar-refractivity contribution >= 4 is 34.0 Å². The first-order chi connectivity index (χ1) is 15.6. The molecule has 0 bridgehead atoms. The summed E-state index contributed by atoms with van der Waals surface area (Å²) in [5.41, 5.74) is 2.84. The molecule has 10 heteroatoms. The fourth-order valence-corrected chi connectivity index (χ4v) is 5.52. The molecule has 0 aliphatic carbocycles. The van der Waals surface area contributed by atoms with Gasteiger partial charge in [0, 0.05) is 24.9 Å². The SMILES string of the molecule is CCc1nn2c(=O)cc(CSc3nnc(N4CCCCC4)n3-c3ccc(C)cc3)nc2s1. The largest absolute Gasteiger partial charge is 0.341 e. The maximum absolute atomic E-state index is 12.5. The number of nitrogens with zero attached hydrogens (tertiary/aromatic N) is 7. The van der Waals surface area contributed by atoms with Gasteiger partial charge in [-0.2, -0.15) is 9.61 Å².